The summed E-state index contributed by atoms with van der Waals surface area (Å²) in [5, 5.41) is 11.9. The standard InChI is InChI=1S/C20H19F2N5O3/c1-30-14-5-2-12(3-6-14)19-25-17(26-27-19)11-24-18(28)8-9-23-20(29)15-7-4-13(21)10-16(15)22/h2-7,10H,8-9,11H2,1H3,(H,23,29)(H,24,28)(H,25,26,27). The lowest BCUT2D eigenvalue weighted by Gasteiger charge is -2.06. The summed E-state index contributed by atoms with van der Waals surface area (Å²) in [6, 6.07) is 9.87. The molecule has 0 atom stereocenters. The highest BCUT2D eigenvalue weighted by Crippen LogP contribution is 2.18. The summed E-state index contributed by atoms with van der Waals surface area (Å²) in [6.07, 6.45) is -0.0198. The Hall–Kier alpha value is -3.82. The fourth-order valence-corrected chi connectivity index (χ4v) is 2.57. The third-order valence-corrected chi connectivity index (χ3v) is 4.15. The maximum absolute atomic E-state index is 13.6. The number of nitrogens with one attached hydrogen (secondary N) is 3. The molecule has 2 aromatic carbocycles. The SMILES string of the molecule is COc1ccc(-c2n[nH]c(CNC(=O)CCNC(=O)c3ccc(F)cc3F)n2)cc1. The summed E-state index contributed by atoms with van der Waals surface area (Å²) in [5.74, 6) is -1.13. The van der Waals surface area contributed by atoms with Crippen LogP contribution in [0.25, 0.3) is 11.4 Å². The molecule has 0 saturated carbocycles. The molecule has 0 radical (unpaired) electrons. The van der Waals surface area contributed by atoms with Crippen molar-refractivity contribution in [3.05, 3.63) is 65.5 Å². The van der Waals surface area contributed by atoms with E-state index < -0.39 is 17.5 Å². The van der Waals surface area contributed by atoms with Crippen molar-refractivity contribution in [1.29, 1.82) is 0 Å². The first kappa shape index (κ1) is 20.9. The third-order valence-electron chi connectivity index (χ3n) is 4.15. The Balaban J connectivity index is 1.43. The molecule has 2 amide bonds. The lowest BCUT2D eigenvalue weighted by atomic mass is 10.2. The Bertz CT molecular complexity index is 1040. The maximum atomic E-state index is 13.6. The van der Waals surface area contributed by atoms with Gasteiger partial charge in [0.05, 0.1) is 19.2 Å². The number of benzene rings is 2. The lowest BCUT2D eigenvalue weighted by Crippen LogP contribution is -2.31. The van der Waals surface area contributed by atoms with E-state index in [1.807, 2.05) is 12.1 Å². The van der Waals surface area contributed by atoms with Crippen molar-refractivity contribution >= 4 is 11.8 Å². The molecule has 3 rings (SSSR count). The number of hydrogen-bond donors (Lipinski definition) is 3. The fourth-order valence-electron chi connectivity index (χ4n) is 2.57. The first-order valence-electron chi connectivity index (χ1n) is 9.02. The number of aromatic nitrogens is 3. The minimum atomic E-state index is -0.963. The van der Waals surface area contributed by atoms with E-state index in [0.717, 1.165) is 23.4 Å². The summed E-state index contributed by atoms with van der Waals surface area (Å²) < 4.78 is 31.5. The first-order chi connectivity index (χ1) is 14.5. The smallest absolute Gasteiger partial charge is 0.254 e. The molecule has 0 saturated heterocycles. The van der Waals surface area contributed by atoms with Gasteiger partial charge in [0, 0.05) is 24.6 Å². The average molecular weight is 415 g/mol. The van der Waals surface area contributed by atoms with E-state index >= 15 is 0 Å². The predicted molar refractivity (Wildman–Crippen MR) is 104 cm³/mol. The Morgan fingerprint density at radius 3 is 2.57 bits per heavy atom. The highest BCUT2D eigenvalue weighted by Gasteiger charge is 2.13. The van der Waals surface area contributed by atoms with Gasteiger partial charge in [-0.1, -0.05) is 0 Å². The number of ether oxygens (including phenoxy) is 1. The molecule has 3 aromatic rings. The van der Waals surface area contributed by atoms with Crippen LogP contribution in [0.1, 0.15) is 22.6 Å². The van der Waals surface area contributed by atoms with Crippen molar-refractivity contribution in [2.75, 3.05) is 13.7 Å². The van der Waals surface area contributed by atoms with E-state index in [1.54, 1.807) is 19.2 Å². The number of nitrogens with zero attached hydrogens (tertiary/aromatic N) is 2. The molecule has 3 N–H and O–H groups in total. The minimum Gasteiger partial charge on any atom is -0.497 e. The van der Waals surface area contributed by atoms with E-state index in [-0.39, 0.29) is 31.0 Å². The molecule has 30 heavy (non-hydrogen) atoms. The van der Waals surface area contributed by atoms with Crippen LogP contribution in [-0.4, -0.2) is 40.7 Å². The summed E-state index contributed by atoms with van der Waals surface area (Å²) in [7, 11) is 1.58. The Morgan fingerprint density at radius 2 is 1.87 bits per heavy atom. The van der Waals surface area contributed by atoms with Gasteiger partial charge in [-0.05, 0) is 36.4 Å². The van der Waals surface area contributed by atoms with Crippen LogP contribution >= 0.6 is 0 Å². The van der Waals surface area contributed by atoms with Crippen molar-refractivity contribution in [2.24, 2.45) is 0 Å². The summed E-state index contributed by atoms with van der Waals surface area (Å²) in [5.41, 5.74) is 0.505. The second kappa shape index (κ2) is 9.59. The van der Waals surface area contributed by atoms with Crippen molar-refractivity contribution in [1.82, 2.24) is 25.8 Å². The van der Waals surface area contributed by atoms with Crippen molar-refractivity contribution < 1.29 is 23.1 Å². The highest BCUT2D eigenvalue weighted by atomic mass is 19.1. The Kier molecular flexibility index (Phi) is 6.68. The number of rotatable bonds is 8. The highest BCUT2D eigenvalue weighted by molar-refractivity contribution is 5.94. The van der Waals surface area contributed by atoms with Gasteiger partial charge in [-0.3, -0.25) is 14.7 Å². The number of methoxy groups -OCH3 is 1. The van der Waals surface area contributed by atoms with Crippen LogP contribution in [-0.2, 0) is 11.3 Å². The van der Waals surface area contributed by atoms with Crippen molar-refractivity contribution in [3.8, 4) is 17.1 Å². The van der Waals surface area contributed by atoms with Gasteiger partial charge in [0.25, 0.3) is 5.91 Å². The van der Waals surface area contributed by atoms with Gasteiger partial charge in [0.1, 0.15) is 23.2 Å². The van der Waals surface area contributed by atoms with Gasteiger partial charge in [-0.25, -0.2) is 13.8 Å². The molecule has 0 aliphatic rings. The summed E-state index contributed by atoms with van der Waals surface area (Å²) in [6.45, 7) is 0.123. The molecular weight excluding hydrogens is 396 g/mol. The van der Waals surface area contributed by atoms with Crippen molar-refractivity contribution in [2.45, 2.75) is 13.0 Å². The van der Waals surface area contributed by atoms with E-state index in [2.05, 4.69) is 25.8 Å². The molecule has 1 aromatic heterocycles. The largest absolute Gasteiger partial charge is 0.497 e. The van der Waals surface area contributed by atoms with Crippen LogP contribution in [0.15, 0.2) is 42.5 Å². The van der Waals surface area contributed by atoms with Crippen LogP contribution < -0.4 is 15.4 Å². The van der Waals surface area contributed by atoms with Gasteiger partial charge in [0.2, 0.25) is 5.91 Å². The van der Waals surface area contributed by atoms with Gasteiger partial charge in [0.15, 0.2) is 5.82 Å². The molecule has 10 heteroatoms. The molecule has 0 aliphatic carbocycles. The van der Waals surface area contributed by atoms with Gasteiger partial charge in [-0.2, -0.15) is 5.10 Å². The monoisotopic (exact) mass is 415 g/mol. The second-order valence-electron chi connectivity index (χ2n) is 6.24. The Morgan fingerprint density at radius 1 is 1.10 bits per heavy atom. The maximum Gasteiger partial charge on any atom is 0.254 e. The molecule has 0 bridgehead atoms. The molecule has 1 heterocycles. The molecule has 8 nitrogen and oxygen atoms in total. The number of carbonyl (C=O) groups is 2. The number of aromatic amines is 1. The summed E-state index contributed by atoms with van der Waals surface area (Å²) in [4.78, 5) is 28.1. The molecule has 156 valence electrons. The van der Waals surface area contributed by atoms with E-state index in [4.69, 9.17) is 4.74 Å². The first-order valence-corrected chi connectivity index (χ1v) is 9.02. The van der Waals surface area contributed by atoms with Gasteiger partial charge in [-0.15, -0.1) is 0 Å². The molecule has 0 spiro atoms. The van der Waals surface area contributed by atoms with E-state index in [9.17, 15) is 18.4 Å². The fraction of sp³-hybridized carbons (Fsp3) is 0.200. The molecular formula is C20H19F2N5O3. The van der Waals surface area contributed by atoms with Crippen LogP contribution in [0.4, 0.5) is 8.78 Å². The molecule has 0 aliphatic heterocycles. The lowest BCUT2D eigenvalue weighted by molar-refractivity contribution is -0.121. The number of halogens is 2. The normalized spacial score (nSPS) is 10.5. The molecule has 0 unspecified atom stereocenters. The van der Waals surface area contributed by atoms with Gasteiger partial charge < -0.3 is 15.4 Å². The number of carbonyl (C=O) groups excluding carboxylic acids is 2. The average Bonchev–Trinajstić information content (AvgIpc) is 3.21. The zero-order valence-electron chi connectivity index (χ0n) is 16.0. The second-order valence-corrected chi connectivity index (χ2v) is 6.24. The predicted octanol–water partition coefficient (Wildman–Crippen LogP) is 2.19. The molecule has 0 fully saturated rings. The third kappa shape index (κ3) is 5.37. The van der Waals surface area contributed by atoms with Gasteiger partial charge >= 0.3 is 0 Å². The van der Waals surface area contributed by atoms with E-state index in [0.29, 0.717) is 17.7 Å². The van der Waals surface area contributed by atoms with Crippen LogP contribution in [0, 0.1) is 11.6 Å². The van der Waals surface area contributed by atoms with Crippen molar-refractivity contribution in [3.63, 3.8) is 0 Å². The number of amides is 2. The number of H-pyrrole nitrogens is 1. The zero-order chi connectivity index (χ0) is 21.5. The van der Waals surface area contributed by atoms with Crippen LogP contribution in [0.2, 0.25) is 0 Å². The zero-order valence-corrected chi connectivity index (χ0v) is 16.0. The number of hydrogen-bond acceptors (Lipinski definition) is 5. The van der Waals surface area contributed by atoms with Crippen LogP contribution in [0.5, 0.6) is 5.75 Å². The summed E-state index contributed by atoms with van der Waals surface area (Å²) >= 11 is 0. The topological polar surface area (TPSA) is 109 Å². The Labute approximate surface area is 170 Å². The van der Waals surface area contributed by atoms with Crippen LogP contribution in [0.3, 0.4) is 0 Å². The quantitative estimate of drug-likeness (QED) is 0.523. The minimum absolute atomic E-state index is 0.00497. The van der Waals surface area contributed by atoms with E-state index in [1.165, 1.54) is 0 Å².